The molecule has 0 bridgehead atoms. The van der Waals surface area contributed by atoms with Crippen LogP contribution >= 0.6 is 23.4 Å². The van der Waals surface area contributed by atoms with Crippen LogP contribution in [0.5, 0.6) is 0 Å². The number of halogens is 2. The highest BCUT2D eigenvalue weighted by molar-refractivity contribution is 7.98. The summed E-state index contributed by atoms with van der Waals surface area (Å²) in [6.07, 6.45) is 5.29. The van der Waals surface area contributed by atoms with Crippen LogP contribution in [0.3, 0.4) is 0 Å². The minimum atomic E-state index is -0.222. The van der Waals surface area contributed by atoms with E-state index in [0.29, 0.717) is 11.6 Å². The van der Waals surface area contributed by atoms with Gasteiger partial charge in [-0.05, 0) is 54.1 Å². The molecule has 0 aromatic heterocycles. The molecule has 0 fully saturated rings. The van der Waals surface area contributed by atoms with Crippen LogP contribution in [0.1, 0.15) is 11.1 Å². The Balaban J connectivity index is 1.54. The number of benzene rings is 3. The van der Waals surface area contributed by atoms with Crippen molar-refractivity contribution in [3.63, 3.8) is 0 Å². The van der Waals surface area contributed by atoms with Crippen LogP contribution in [0.2, 0.25) is 5.02 Å². The zero-order valence-electron chi connectivity index (χ0n) is 17.1. The van der Waals surface area contributed by atoms with Gasteiger partial charge in [-0.2, -0.15) is 0 Å². The van der Waals surface area contributed by atoms with Gasteiger partial charge in [-0.1, -0.05) is 48.0 Å². The summed E-state index contributed by atoms with van der Waals surface area (Å²) in [7, 11) is 0. The minimum Gasteiger partial charge on any atom is -0.326 e. The highest BCUT2D eigenvalue weighted by Crippen LogP contribution is 2.19. The first-order valence-corrected chi connectivity index (χ1v) is 11.6. The molecule has 1 unspecified atom stereocenters. The number of amides is 1. The summed E-state index contributed by atoms with van der Waals surface area (Å²) in [5.41, 5.74) is 2.62. The molecule has 3 aromatic carbocycles. The second-order valence-electron chi connectivity index (χ2n) is 7.53. The van der Waals surface area contributed by atoms with E-state index < -0.39 is 0 Å². The van der Waals surface area contributed by atoms with E-state index in [1.807, 2.05) is 48.7 Å². The SMILES string of the molecule is CSc1cc(NC(=O)Cc2ccccc2Cl)cc2c1=CC(Cc1ccc(F)cc1)CN=2. The van der Waals surface area contributed by atoms with Crippen LogP contribution in [-0.4, -0.2) is 18.7 Å². The van der Waals surface area contributed by atoms with Crippen molar-refractivity contribution >= 4 is 41.0 Å². The topological polar surface area (TPSA) is 41.5 Å². The molecule has 1 atom stereocenters. The Morgan fingerprint density at radius 2 is 1.97 bits per heavy atom. The lowest BCUT2D eigenvalue weighted by molar-refractivity contribution is -0.115. The van der Waals surface area contributed by atoms with Gasteiger partial charge in [0.15, 0.2) is 0 Å². The molecule has 31 heavy (non-hydrogen) atoms. The molecule has 1 heterocycles. The maximum absolute atomic E-state index is 13.2. The molecular weight excluding hydrogens is 431 g/mol. The van der Waals surface area contributed by atoms with Crippen molar-refractivity contribution in [3.8, 4) is 0 Å². The van der Waals surface area contributed by atoms with E-state index in [0.717, 1.165) is 38.7 Å². The van der Waals surface area contributed by atoms with Gasteiger partial charge in [0.1, 0.15) is 5.82 Å². The van der Waals surface area contributed by atoms with Crippen molar-refractivity contribution in [1.29, 1.82) is 0 Å². The monoisotopic (exact) mass is 452 g/mol. The van der Waals surface area contributed by atoms with Crippen molar-refractivity contribution < 1.29 is 9.18 Å². The highest BCUT2D eigenvalue weighted by atomic mass is 35.5. The Morgan fingerprint density at radius 1 is 1.19 bits per heavy atom. The molecule has 0 saturated carbocycles. The fraction of sp³-hybridized carbons (Fsp3) is 0.200. The highest BCUT2D eigenvalue weighted by Gasteiger charge is 2.14. The van der Waals surface area contributed by atoms with Gasteiger partial charge in [0.2, 0.25) is 5.91 Å². The molecule has 1 aliphatic heterocycles. The summed E-state index contributed by atoms with van der Waals surface area (Å²) in [6, 6.07) is 17.9. The Bertz CT molecular complexity index is 1230. The first kappa shape index (κ1) is 21.6. The number of rotatable bonds is 6. The lowest BCUT2D eigenvalue weighted by Crippen LogP contribution is -2.34. The van der Waals surface area contributed by atoms with Crippen LogP contribution in [0.15, 0.2) is 70.6 Å². The first-order valence-electron chi connectivity index (χ1n) is 10.0. The van der Waals surface area contributed by atoms with Crippen molar-refractivity contribution in [1.82, 2.24) is 0 Å². The predicted octanol–water partition coefficient (Wildman–Crippen LogP) is 4.65. The lowest BCUT2D eigenvalue weighted by atomic mass is 9.96. The molecule has 0 aliphatic carbocycles. The smallest absolute Gasteiger partial charge is 0.228 e. The van der Waals surface area contributed by atoms with E-state index in [9.17, 15) is 9.18 Å². The molecular formula is C25H22ClFN2OS. The second-order valence-corrected chi connectivity index (χ2v) is 8.78. The average molecular weight is 453 g/mol. The summed E-state index contributed by atoms with van der Waals surface area (Å²) in [5.74, 6) is -0.0845. The van der Waals surface area contributed by atoms with E-state index in [-0.39, 0.29) is 24.1 Å². The second kappa shape index (κ2) is 9.67. The van der Waals surface area contributed by atoms with Crippen molar-refractivity contribution in [2.75, 3.05) is 18.1 Å². The molecule has 3 nitrogen and oxygen atoms in total. The molecule has 3 aromatic rings. The normalized spacial score (nSPS) is 14.9. The third-order valence-corrected chi connectivity index (χ3v) is 6.39. The van der Waals surface area contributed by atoms with E-state index >= 15 is 0 Å². The van der Waals surface area contributed by atoms with Gasteiger partial charge in [-0.25, -0.2) is 4.39 Å². The maximum Gasteiger partial charge on any atom is 0.228 e. The minimum absolute atomic E-state index is 0.117. The Hall–Kier alpha value is -2.63. The number of anilines is 1. The van der Waals surface area contributed by atoms with E-state index in [1.54, 1.807) is 17.8 Å². The molecule has 1 aliphatic rings. The Kier molecular flexibility index (Phi) is 6.73. The molecule has 4 rings (SSSR count). The fourth-order valence-electron chi connectivity index (χ4n) is 3.72. The summed E-state index contributed by atoms with van der Waals surface area (Å²) in [5, 5.41) is 5.54. The number of nitrogens with one attached hydrogen (secondary N) is 1. The molecule has 1 N–H and O–H groups in total. The fourth-order valence-corrected chi connectivity index (χ4v) is 4.56. The van der Waals surface area contributed by atoms with Crippen LogP contribution < -0.4 is 15.9 Å². The number of hydrogen-bond acceptors (Lipinski definition) is 3. The summed E-state index contributed by atoms with van der Waals surface area (Å²) in [6.45, 7) is 0.662. The summed E-state index contributed by atoms with van der Waals surface area (Å²) < 4.78 is 13.2. The zero-order chi connectivity index (χ0) is 21.8. The predicted molar refractivity (Wildman–Crippen MR) is 126 cm³/mol. The molecule has 0 saturated heterocycles. The number of carbonyl (C=O) groups is 1. The zero-order valence-corrected chi connectivity index (χ0v) is 18.6. The average Bonchev–Trinajstić information content (AvgIpc) is 2.76. The van der Waals surface area contributed by atoms with E-state index in [4.69, 9.17) is 16.6 Å². The first-order chi connectivity index (χ1) is 15.0. The molecule has 158 valence electrons. The molecule has 1 amide bonds. The van der Waals surface area contributed by atoms with Crippen LogP contribution in [0, 0.1) is 11.7 Å². The third-order valence-electron chi connectivity index (χ3n) is 5.24. The van der Waals surface area contributed by atoms with Crippen molar-refractivity contribution in [2.45, 2.75) is 17.7 Å². The van der Waals surface area contributed by atoms with Gasteiger partial charge < -0.3 is 5.32 Å². The van der Waals surface area contributed by atoms with E-state index in [2.05, 4.69) is 11.4 Å². The molecule has 0 radical (unpaired) electrons. The Labute approximate surface area is 190 Å². The third kappa shape index (κ3) is 5.35. The lowest BCUT2D eigenvalue weighted by Gasteiger charge is -2.16. The number of nitrogens with zero attached hydrogens (tertiary/aromatic N) is 1. The molecule has 6 heteroatoms. The van der Waals surface area contributed by atoms with Crippen LogP contribution in [0.25, 0.3) is 6.08 Å². The molecule has 0 spiro atoms. The number of hydrogen-bond donors (Lipinski definition) is 1. The van der Waals surface area contributed by atoms with Gasteiger partial charge in [-0.3, -0.25) is 9.79 Å². The van der Waals surface area contributed by atoms with Gasteiger partial charge in [0.05, 0.1) is 11.8 Å². The maximum atomic E-state index is 13.2. The number of carbonyl (C=O) groups excluding carboxylic acids is 1. The van der Waals surface area contributed by atoms with Gasteiger partial charge in [0, 0.05) is 33.3 Å². The van der Waals surface area contributed by atoms with Crippen molar-refractivity contribution in [2.24, 2.45) is 10.9 Å². The van der Waals surface area contributed by atoms with Crippen LogP contribution in [-0.2, 0) is 17.6 Å². The summed E-state index contributed by atoms with van der Waals surface area (Å²) in [4.78, 5) is 18.4. The number of thioether (sulfide) groups is 1. The van der Waals surface area contributed by atoms with E-state index in [1.165, 1.54) is 12.1 Å². The quantitative estimate of drug-likeness (QED) is 0.553. The van der Waals surface area contributed by atoms with Gasteiger partial charge in [-0.15, -0.1) is 11.8 Å². The van der Waals surface area contributed by atoms with Gasteiger partial charge in [0.25, 0.3) is 0 Å². The number of fused-ring (bicyclic) bond motifs is 1. The largest absolute Gasteiger partial charge is 0.326 e. The van der Waals surface area contributed by atoms with Crippen LogP contribution in [0.4, 0.5) is 10.1 Å². The standard InChI is InChI=1S/C25H22ClFN2OS/c1-31-24-14-20(29-25(30)12-18-4-2-3-5-22(18)26)13-23-21(24)11-17(15-28-23)10-16-6-8-19(27)9-7-16/h2-9,11,13-14,17H,10,12,15H2,1H3,(H,29,30). The van der Waals surface area contributed by atoms with Gasteiger partial charge >= 0.3 is 0 Å². The Morgan fingerprint density at radius 3 is 2.71 bits per heavy atom. The summed E-state index contributed by atoms with van der Waals surface area (Å²) >= 11 is 7.80. The van der Waals surface area contributed by atoms with Crippen molar-refractivity contribution in [3.05, 3.63) is 93.2 Å².